The van der Waals surface area contributed by atoms with E-state index in [4.69, 9.17) is 4.74 Å². The second kappa shape index (κ2) is 8.97. The van der Waals surface area contributed by atoms with Crippen molar-refractivity contribution in [1.29, 1.82) is 0 Å². The van der Waals surface area contributed by atoms with Crippen LogP contribution in [0.1, 0.15) is 19.4 Å². The van der Waals surface area contributed by atoms with Crippen molar-refractivity contribution in [2.45, 2.75) is 20.8 Å². The third kappa shape index (κ3) is 4.12. The van der Waals surface area contributed by atoms with Gasteiger partial charge in [0.2, 0.25) is 0 Å². The Labute approximate surface area is 137 Å². The highest BCUT2D eigenvalue weighted by molar-refractivity contribution is 7.71. The van der Waals surface area contributed by atoms with Gasteiger partial charge in [-0.1, -0.05) is 55.8 Å². The lowest BCUT2D eigenvalue weighted by atomic mass is 10.2. The van der Waals surface area contributed by atoms with Crippen LogP contribution in [0.25, 0.3) is 0 Å². The fourth-order valence-electron chi connectivity index (χ4n) is 2.45. The minimum Gasteiger partial charge on any atom is -0.496 e. The molecule has 22 heavy (non-hydrogen) atoms. The molecule has 1 unspecified atom stereocenters. The quantitative estimate of drug-likeness (QED) is 0.599. The van der Waals surface area contributed by atoms with Crippen molar-refractivity contribution in [1.82, 2.24) is 4.67 Å². The van der Waals surface area contributed by atoms with E-state index in [-0.39, 0.29) is 8.41 Å². The molecule has 2 nitrogen and oxygen atoms in total. The van der Waals surface area contributed by atoms with Crippen LogP contribution >= 0.6 is 8.07 Å². The second-order valence-corrected chi connectivity index (χ2v) is 7.15. The third-order valence-electron chi connectivity index (χ3n) is 3.60. The van der Waals surface area contributed by atoms with Crippen LogP contribution in [0.15, 0.2) is 48.5 Å². The molecular weight excluding hydrogens is 288 g/mol. The lowest BCUT2D eigenvalue weighted by molar-refractivity contribution is 0.417. The first kappa shape index (κ1) is 18.7. The molecular formula is C18H24BNOP. The molecule has 0 aliphatic heterocycles. The molecule has 3 radical (unpaired) electrons. The van der Waals surface area contributed by atoms with Crippen LogP contribution in [-0.4, -0.2) is 33.3 Å². The van der Waals surface area contributed by atoms with Gasteiger partial charge in [0.1, 0.15) is 5.75 Å². The van der Waals surface area contributed by atoms with Gasteiger partial charge in [0.25, 0.3) is 0 Å². The van der Waals surface area contributed by atoms with Gasteiger partial charge in [-0.15, -0.1) is 0 Å². The SMILES string of the molecule is CCN(CC)P(c1ccc(C)cc1)c1ccccc1OC.[B]. The Kier molecular flexibility index (Phi) is 7.65. The molecule has 0 saturated heterocycles. The van der Waals surface area contributed by atoms with E-state index >= 15 is 0 Å². The summed E-state index contributed by atoms with van der Waals surface area (Å²) < 4.78 is 8.13. The zero-order chi connectivity index (χ0) is 15.2. The van der Waals surface area contributed by atoms with E-state index in [2.05, 4.69) is 67.9 Å². The monoisotopic (exact) mass is 312 g/mol. The molecule has 2 aromatic carbocycles. The first-order valence-electron chi connectivity index (χ1n) is 7.45. The molecule has 0 bridgehead atoms. The summed E-state index contributed by atoms with van der Waals surface area (Å²) in [4.78, 5) is 0. The molecule has 0 aliphatic rings. The van der Waals surface area contributed by atoms with Crippen molar-refractivity contribution >= 4 is 27.1 Å². The summed E-state index contributed by atoms with van der Waals surface area (Å²) in [5, 5.41) is 2.67. The maximum atomic E-state index is 5.60. The van der Waals surface area contributed by atoms with E-state index in [1.165, 1.54) is 16.2 Å². The zero-order valence-electron chi connectivity index (χ0n) is 13.9. The summed E-state index contributed by atoms with van der Waals surface area (Å²) in [6.07, 6.45) is 0. The Balaban J connectivity index is 0.00000242. The number of hydrogen-bond donors (Lipinski definition) is 0. The van der Waals surface area contributed by atoms with E-state index in [1.54, 1.807) is 7.11 Å². The Hall–Kier alpha value is -1.31. The number of aryl methyl sites for hydroxylation is 1. The summed E-state index contributed by atoms with van der Waals surface area (Å²) >= 11 is 0. The van der Waals surface area contributed by atoms with Gasteiger partial charge >= 0.3 is 0 Å². The lowest BCUT2D eigenvalue weighted by Gasteiger charge is -2.31. The summed E-state index contributed by atoms with van der Waals surface area (Å²) in [7, 11) is 1.21. The van der Waals surface area contributed by atoms with Gasteiger partial charge in [-0.25, -0.2) is 0 Å². The lowest BCUT2D eigenvalue weighted by Crippen LogP contribution is -2.29. The summed E-state index contributed by atoms with van der Waals surface area (Å²) in [6.45, 7) is 8.65. The normalized spacial score (nSPS) is 11.9. The number of rotatable bonds is 6. The first-order chi connectivity index (χ1) is 10.2. The van der Waals surface area contributed by atoms with Crippen LogP contribution in [-0.2, 0) is 0 Å². The largest absolute Gasteiger partial charge is 0.496 e. The van der Waals surface area contributed by atoms with E-state index in [9.17, 15) is 0 Å². The maximum absolute atomic E-state index is 5.60. The molecule has 0 N–H and O–H groups in total. The maximum Gasteiger partial charge on any atom is 0.128 e. The minimum atomic E-state index is -0.545. The number of hydrogen-bond acceptors (Lipinski definition) is 2. The van der Waals surface area contributed by atoms with Gasteiger partial charge in [0.05, 0.1) is 7.11 Å². The van der Waals surface area contributed by atoms with Gasteiger partial charge in [-0.05, 0) is 37.5 Å². The Morgan fingerprint density at radius 2 is 1.55 bits per heavy atom. The molecule has 0 saturated carbocycles. The van der Waals surface area contributed by atoms with E-state index in [0.717, 1.165) is 18.8 Å². The predicted octanol–water partition coefficient (Wildman–Crippen LogP) is 3.31. The fraction of sp³-hybridized carbons (Fsp3) is 0.333. The summed E-state index contributed by atoms with van der Waals surface area (Å²) in [5.41, 5.74) is 1.30. The number of ether oxygens (including phenoxy) is 1. The van der Waals surface area contributed by atoms with Crippen LogP contribution in [0.2, 0.25) is 0 Å². The van der Waals surface area contributed by atoms with E-state index < -0.39 is 8.07 Å². The van der Waals surface area contributed by atoms with Gasteiger partial charge in [-0.2, -0.15) is 0 Å². The molecule has 0 amide bonds. The van der Waals surface area contributed by atoms with Gasteiger partial charge in [-0.3, -0.25) is 4.67 Å². The molecule has 0 spiro atoms. The number of benzene rings is 2. The molecule has 0 aromatic heterocycles. The molecule has 2 aromatic rings. The van der Waals surface area contributed by atoms with E-state index in [1.807, 2.05) is 6.07 Å². The van der Waals surface area contributed by atoms with Gasteiger partial charge in [0.15, 0.2) is 0 Å². The smallest absolute Gasteiger partial charge is 0.128 e. The van der Waals surface area contributed by atoms with Crippen LogP contribution < -0.4 is 15.3 Å². The standard InChI is InChI=1S/C18H24NOP.B/c1-5-19(6-2)21(16-13-11-15(3)12-14-16)18-10-8-7-9-17(18)20-4;/h7-14H,5-6H2,1-4H3;. The fourth-order valence-corrected chi connectivity index (χ4v) is 4.96. The van der Waals surface area contributed by atoms with Crippen LogP contribution in [0.5, 0.6) is 5.75 Å². The summed E-state index contributed by atoms with van der Waals surface area (Å²) in [5.74, 6) is 0.982. The van der Waals surface area contributed by atoms with Crippen molar-refractivity contribution in [3.05, 3.63) is 54.1 Å². The molecule has 2 rings (SSSR count). The van der Waals surface area contributed by atoms with Crippen molar-refractivity contribution in [2.75, 3.05) is 20.2 Å². The van der Waals surface area contributed by atoms with E-state index in [0.29, 0.717) is 0 Å². The molecule has 1 atom stereocenters. The number of methoxy groups -OCH3 is 1. The average molecular weight is 312 g/mol. The third-order valence-corrected chi connectivity index (χ3v) is 6.35. The molecule has 0 aliphatic carbocycles. The Morgan fingerprint density at radius 1 is 0.955 bits per heavy atom. The predicted molar refractivity (Wildman–Crippen MR) is 99.0 cm³/mol. The number of para-hydroxylation sites is 1. The van der Waals surface area contributed by atoms with Crippen molar-refractivity contribution in [3.8, 4) is 5.75 Å². The first-order valence-corrected chi connectivity index (χ1v) is 8.75. The van der Waals surface area contributed by atoms with Crippen LogP contribution in [0.3, 0.4) is 0 Å². The second-order valence-electron chi connectivity index (χ2n) is 4.96. The Morgan fingerprint density at radius 3 is 2.09 bits per heavy atom. The van der Waals surface area contributed by atoms with Crippen molar-refractivity contribution in [2.24, 2.45) is 0 Å². The zero-order valence-corrected chi connectivity index (χ0v) is 14.8. The molecule has 0 fully saturated rings. The van der Waals surface area contributed by atoms with Crippen molar-refractivity contribution in [3.63, 3.8) is 0 Å². The highest BCUT2D eigenvalue weighted by Crippen LogP contribution is 2.40. The summed E-state index contributed by atoms with van der Waals surface area (Å²) in [6, 6.07) is 17.3. The highest BCUT2D eigenvalue weighted by atomic mass is 31.1. The topological polar surface area (TPSA) is 12.5 Å². The Bertz CT molecular complexity index is 570. The van der Waals surface area contributed by atoms with Gasteiger partial charge < -0.3 is 4.74 Å². The van der Waals surface area contributed by atoms with Crippen LogP contribution in [0.4, 0.5) is 0 Å². The highest BCUT2D eigenvalue weighted by Gasteiger charge is 2.23. The van der Waals surface area contributed by atoms with Crippen molar-refractivity contribution < 1.29 is 4.74 Å². The molecule has 115 valence electrons. The minimum absolute atomic E-state index is 0. The number of nitrogens with zero attached hydrogens (tertiary/aromatic N) is 1. The molecule has 0 heterocycles. The average Bonchev–Trinajstić information content (AvgIpc) is 2.53. The molecule has 4 heteroatoms. The van der Waals surface area contributed by atoms with Gasteiger partial charge in [0, 0.05) is 21.8 Å². The van der Waals surface area contributed by atoms with Crippen LogP contribution in [0, 0.1) is 6.92 Å².